The van der Waals surface area contributed by atoms with Crippen molar-refractivity contribution in [2.75, 3.05) is 6.61 Å². The zero-order chi connectivity index (χ0) is 14.0. The Morgan fingerprint density at radius 3 is 2.79 bits per heavy atom. The van der Waals surface area contributed by atoms with Gasteiger partial charge in [-0.1, -0.05) is 24.6 Å². The van der Waals surface area contributed by atoms with E-state index in [4.69, 9.17) is 16.3 Å². The Labute approximate surface area is 117 Å². The van der Waals surface area contributed by atoms with Gasteiger partial charge in [0, 0.05) is 5.41 Å². The molecular weight excluding hydrogens is 264 g/mol. The van der Waals surface area contributed by atoms with E-state index in [1.165, 1.54) is 0 Å². The predicted octanol–water partition coefficient (Wildman–Crippen LogP) is 3.83. The Morgan fingerprint density at radius 2 is 2.21 bits per heavy atom. The highest BCUT2D eigenvalue weighted by atomic mass is 35.5. The minimum Gasteiger partial charge on any atom is -0.503 e. The van der Waals surface area contributed by atoms with Crippen LogP contribution in [0.4, 0.5) is 0 Å². The van der Waals surface area contributed by atoms with Gasteiger partial charge in [0.1, 0.15) is 0 Å². The van der Waals surface area contributed by atoms with Crippen molar-refractivity contribution >= 4 is 23.5 Å². The van der Waals surface area contributed by atoms with E-state index >= 15 is 0 Å². The monoisotopic (exact) mass is 280 g/mol. The molecule has 0 saturated heterocycles. The predicted molar refractivity (Wildman–Crippen MR) is 75.7 cm³/mol. The SMILES string of the molecule is CCOc1cc(/C=C/C(=O)C2(C)CC2)cc(Cl)c1O. The van der Waals surface area contributed by atoms with Crippen molar-refractivity contribution in [2.45, 2.75) is 26.7 Å². The van der Waals surface area contributed by atoms with Gasteiger partial charge in [0.05, 0.1) is 11.6 Å². The number of carbonyl (C=O) groups is 1. The van der Waals surface area contributed by atoms with Gasteiger partial charge in [-0.3, -0.25) is 4.79 Å². The lowest BCUT2D eigenvalue weighted by molar-refractivity contribution is -0.118. The summed E-state index contributed by atoms with van der Waals surface area (Å²) >= 11 is 5.92. The highest BCUT2D eigenvalue weighted by Crippen LogP contribution is 2.46. The van der Waals surface area contributed by atoms with Gasteiger partial charge in [-0.2, -0.15) is 0 Å². The van der Waals surface area contributed by atoms with Gasteiger partial charge in [0.2, 0.25) is 0 Å². The molecule has 4 heteroatoms. The van der Waals surface area contributed by atoms with Crippen LogP contribution < -0.4 is 4.74 Å². The average Bonchev–Trinajstić information content (AvgIpc) is 3.12. The summed E-state index contributed by atoms with van der Waals surface area (Å²) in [6.45, 7) is 4.23. The second kappa shape index (κ2) is 5.25. The normalized spacial score (nSPS) is 16.6. The van der Waals surface area contributed by atoms with Crippen LogP contribution in [0.15, 0.2) is 18.2 Å². The summed E-state index contributed by atoms with van der Waals surface area (Å²) in [6.07, 6.45) is 5.19. The minimum absolute atomic E-state index is 0.0684. The number of phenolic OH excluding ortho intramolecular Hbond substituents is 1. The molecule has 1 saturated carbocycles. The molecule has 1 N–H and O–H groups in total. The van der Waals surface area contributed by atoms with E-state index < -0.39 is 0 Å². The van der Waals surface area contributed by atoms with Gasteiger partial charge in [-0.25, -0.2) is 0 Å². The summed E-state index contributed by atoms with van der Waals surface area (Å²) in [5.41, 5.74) is 0.573. The smallest absolute Gasteiger partial charge is 0.176 e. The number of halogens is 1. The first-order valence-corrected chi connectivity index (χ1v) is 6.72. The van der Waals surface area contributed by atoms with E-state index in [-0.39, 0.29) is 22.0 Å². The Balaban J connectivity index is 2.20. The molecule has 0 unspecified atom stereocenters. The maximum absolute atomic E-state index is 11.9. The third kappa shape index (κ3) is 3.10. The van der Waals surface area contributed by atoms with Crippen molar-refractivity contribution in [3.63, 3.8) is 0 Å². The van der Waals surface area contributed by atoms with Crippen LogP contribution in [0.1, 0.15) is 32.3 Å². The number of phenols is 1. The van der Waals surface area contributed by atoms with E-state index in [2.05, 4.69) is 0 Å². The first-order chi connectivity index (χ1) is 8.96. The van der Waals surface area contributed by atoms with Crippen molar-refractivity contribution in [3.05, 3.63) is 28.8 Å². The lowest BCUT2D eigenvalue weighted by Crippen LogP contribution is -2.07. The van der Waals surface area contributed by atoms with Gasteiger partial charge in [-0.05, 0) is 43.5 Å². The standard InChI is InChI=1S/C15H17ClO3/c1-3-19-12-9-10(8-11(16)14(12)18)4-5-13(17)15(2)6-7-15/h4-5,8-9,18H,3,6-7H2,1-2H3/b5-4+. The zero-order valence-electron chi connectivity index (χ0n) is 11.1. The molecular formula is C15H17ClO3. The van der Waals surface area contributed by atoms with E-state index in [1.807, 2.05) is 13.8 Å². The van der Waals surface area contributed by atoms with Crippen molar-refractivity contribution in [3.8, 4) is 11.5 Å². The third-order valence-corrected chi connectivity index (χ3v) is 3.66. The fraction of sp³-hybridized carbons (Fsp3) is 0.400. The van der Waals surface area contributed by atoms with Crippen molar-refractivity contribution in [2.24, 2.45) is 5.41 Å². The number of carbonyl (C=O) groups excluding carboxylic acids is 1. The first kappa shape index (κ1) is 13.9. The van der Waals surface area contributed by atoms with Gasteiger partial charge >= 0.3 is 0 Å². The fourth-order valence-corrected chi connectivity index (χ4v) is 1.98. The summed E-state index contributed by atoms with van der Waals surface area (Å²) in [4.78, 5) is 11.9. The number of aromatic hydroxyl groups is 1. The molecule has 2 rings (SSSR count). The number of ether oxygens (including phenoxy) is 1. The van der Waals surface area contributed by atoms with Crippen LogP contribution in [0.2, 0.25) is 5.02 Å². The first-order valence-electron chi connectivity index (χ1n) is 6.34. The molecule has 1 aliphatic rings. The quantitative estimate of drug-likeness (QED) is 0.834. The maximum atomic E-state index is 11.9. The number of ketones is 1. The molecule has 1 aromatic rings. The Morgan fingerprint density at radius 1 is 1.53 bits per heavy atom. The van der Waals surface area contributed by atoms with Crippen LogP contribution in [-0.2, 0) is 4.79 Å². The summed E-state index contributed by atoms with van der Waals surface area (Å²) in [5, 5.41) is 9.94. The molecule has 0 bridgehead atoms. The van der Waals surface area contributed by atoms with Crippen LogP contribution in [0.3, 0.4) is 0 Å². The van der Waals surface area contributed by atoms with Gasteiger partial charge < -0.3 is 9.84 Å². The Hall–Kier alpha value is -1.48. The number of rotatable bonds is 5. The summed E-state index contributed by atoms with van der Waals surface area (Å²) < 4.78 is 5.29. The zero-order valence-corrected chi connectivity index (χ0v) is 11.8. The molecule has 1 aromatic carbocycles. The average molecular weight is 281 g/mol. The topological polar surface area (TPSA) is 46.5 Å². The molecule has 0 aliphatic heterocycles. The summed E-state index contributed by atoms with van der Waals surface area (Å²) in [5.74, 6) is 0.399. The fourth-order valence-electron chi connectivity index (χ4n) is 1.76. The number of benzene rings is 1. The van der Waals surface area contributed by atoms with E-state index in [0.29, 0.717) is 12.4 Å². The highest BCUT2D eigenvalue weighted by Gasteiger charge is 2.42. The maximum Gasteiger partial charge on any atom is 0.176 e. The number of allylic oxidation sites excluding steroid dienone is 1. The molecule has 0 atom stereocenters. The Kier molecular flexibility index (Phi) is 3.85. The van der Waals surface area contributed by atoms with Crippen molar-refractivity contribution in [1.82, 2.24) is 0 Å². The second-order valence-corrected chi connectivity index (χ2v) is 5.45. The summed E-state index contributed by atoms with van der Waals surface area (Å²) in [7, 11) is 0. The molecule has 0 heterocycles. The molecule has 1 aliphatic carbocycles. The van der Waals surface area contributed by atoms with Gasteiger partial charge in [0.25, 0.3) is 0 Å². The molecule has 0 radical (unpaired) electrons. The lowest BCUT2D eigenvalue weighted by atomic mass is 10.0. The molecule has 19 heavy (non-hydrogen) atoms. The van der Waals surface area contributed by atoms with Crippen LogP contribution in [0.5, 0.6) is 11.5 Å². The Bertz CT molecular complexity index is 530. The molecule has 102 valence electrons. The molecule has 0 aromatic heterocycles. The molecule has 0 amide bonds. The van der Waals surface area contributed by atoms with Crippen LogP contribution >= 0.6 is 11.6 Å². The molecule has 0 spiro atoms. The van der Waals surface area contributed by atoms with Crippen LogP contribution in [0.25, 0.3) is 6.08 Å². The van der Waals surface area contributed by atoms with Crippen LogP contribution in [-0.4, -0.2) is 17.5 Å². The van der Waals surface area contributed by atoms with Gasteiger partial charge in [0.15, 0.2) is 17.3 Å². The van der Waals surface area contributed by atoms with Crippen molar-refractivity contribution < 1.29 is 14.6 Å². The van der Waals surface area contributed by atoms with E-state index in [1.54, 1.807) is 24.3 Å². The number of hydrogen-bond donors (Lipinski definition) is 1. The molecule has 3 nitrogen and oxygen atoms in total. The highest BCUT2D eigenvalue weighted by molar-refractivity contribution is 6.32. The number of hydrogen-bond acceptors (Lipinski definition) is 3. The summed E-state index contributed by atoms with van der Waals surface area (Å²) in [6, 6.07) is 3.28. The lowest BCUT2D eigenvalue weighted by Gasteiger charge is -2.08. The van der Waals surface area contributed by atoms with E-state index in [0.717, 1.165) is 18.4 Å². The van der Waals surface area contributed by atoms with Gasteiger partial charge in [-0.15, -0.1) is 0 Å². The van der Waals surface area contributed by atoms with Crippen molar-refractivity contribution in [1.29, 1.82) is 0 Å². The van der Waals surface area contributed by atoms with Crippen LogP contribution in [0, 0.1) is 5.41 Å². The third-order valence-electron chi connectivity index (χ3n) is 3.37. The largest absolute Gasteiger partial charge is 0.503 e. The minimum atomic E-state index is -0.167. The second-order valence-electron chi connectivity index (χ2n) is 5.04. The molecule has 1 fully saturated rings. The van der Waals surface area contributed by atoms with E-state index in [9.17, 15) is 9.90 Å².